The molecule has 1 atom stereocenters. The molecule has 0 aliphatic rings. The molecule has 1 unspecified atom stereocenters. The number of nitrogens with one attached hydrogen (secondary N) is 1. The van der Waals surface area contributed by atoms with E-state index in [1.165, 1.54) is 5.57 Å². The fraction of sp³-hybridized carbons (Fsp3) is 0.846. The standard InChI is InChI=1S/C13H28N2O/c1-7-15(9-11(2)3)13(10-16-6)8-14-12(4)5/h12-14H,2,7-10H2,1,3-6H3. The van der Waals surface area contributed by atoms with Gasteiger partial charge in [-0.25, -0.2) is 0 Å². The maximum absolute atomic E-state index is 5.29. The van der Waals surface area contributed by atoms with E-state index in [1.807, 2.05) is 0 Å². The number of rotatable bonds is 9. The molecule has 0 radical (unpaired) electrons. The summed E-state index contributed by atoms with van der Waals surface area (Å²) in [7, 11) is 1.76. The van der Waals surface area contributed by atoms with Crippen LogP contribution in [0.3, 0.4) is 0 Å². The lowest BCUT2D eigenvalue weighted by Crippen LogP contribution is -2.47. The van der Waals surface area contributed by atoms with Crippen LogP contribution in [0.4, 0.5) is 0 Å². The van der Waals surface area contributed by atoms with Gasteiger partial charge in [-0.15, -0.1) is 0 Å². The van der Waals surface area contributed by atoms with Crippen molar-refractivity contribution >= 4 is 0 Å². The Hall–Kier alpha value is -0.380. The summed E-state index contributed by atoms with van der Waals surface area (Å²) in [6, 6.07) is 0.942. The van der Waals surface area contributed by atoms with E-state index in [0.717, 1.165) is 26.2 Å². The molecule has 0 aromatic heterocycles. The molecule has 0 rings (SSSR count). The molecule has 0 fully saturated rings. The van der Waals surface area contributed by atoms with E-state index in [0.29, 0.717) is 12.1 Å². The Kier molecular flexibility index (Phi) is 8.53. The van der Waals surface area contributed by atoms with Crippen molar-refractivity contribution in [3.63, 3.8) is 0 Å². The highest BCUT2D eigenvalue weighted by atomic mass is 16.5. The van der Waals surface area contributed by atoms with E-state index in [2.05, 4.69) is 44.5 Å². The van der Waals surface area contributed by atoms with Gasteiger partial charge in [-0.3, -0.25) is 4.90 Å². The Morgan fingerprint density at radius 2 is 2.06 bits per heavy atom. The van der Waals surface area contributed by atoms with E-state index in [9.17, 15) is 0 Å². The van der Waals surface area contributed by atoms with Crippen molar-refractivity contribution in [2.75, 3.05) is 33.4 Å². The minimum absolute atomic E-state index is 0.425. The third-order valence-corrected chi connectivity index (χ3v) is 2.52. The van der Waals surface area contributed by atoms with Crippen molar-refractivity contribution < 1.29 is 4.74 Å². The molecular weight excluding hydrogens is 200 g/mol. The molecule has 16 heavy (non-hydrogen) atoms. The SMILES string of the molecule is C=C(C)CN(CC)C(CNC(C)C)COC. The third kappa shape index (κ3) is 6.99. The van der Waals surface area contributed by atoms with E-state index in [1.54, 1.807) is 7.11 Å². The molecule has 0 amide bonds. The largest absolute Gasteiger partial charge is 0.383 e. The molecule has 1 N–H and O–H groups in total. The van der Waals surface area contributed by atoms with Gasteiger partial charge in [0.25, 0.3) is 0 Å². The number of ether oxygens (including phenoxy) is 1. The molecule has 0 heterocycles. The first-order chi connectivity index (χ1) is 7.51. The van der Waals surface area contributed by atoms with Crippen LogP contribution in [0.2, 0.25) is 0 Å². The van der Waals surface area contributed by atoms with Gasteiger partial charge >= 0.3 is 0 Å². The Morgan fingerprint density at radius 1 is 1.44 bits per heavy atom. The first-order valence-corrected chi connectivity index (χ1v) is 6.12. The lowest BCUT2D eigenvalue weighted by Gasteiger charge is -2.31. The van der Waals surface area contributed by atoms with Crippen LogP contribution in [0.25, 0.3) is 0 Å². The normalized spacial score (nSPS) is 13.4. The second kappa shape index (κ2) is 8.74. The van der Waals surface area contributed by atoms with Gasteiger partial charge in [0, 0.05) is 32.3 Å². The average molecular weight is 228 g/mol. The highest BCUT2D eigenvalue weighted by molar-refractivity contribution is 4.93. The highest BCUT2D eigenvalue weighted by Gasteiger charge is 2.16. The number of hydrogen-bond donors (Lipinski definition) is 1. The summed E-state index contributed by atoms with van der Waals surface area (Å²) in [5.41, 5.74) is 1.20. The monoisotopic (exact) mass is 228 g/mol. The van der Waals surface area contributed by atoms with Gasteiger partial charge in [-0.2, -0.15) is 0 Å². The zero-order valence-corrected chi connectivity index (χ0v) is 11.5. The predicted molar refractivity (Wildman–Crippen MR) is 70.9 cm³/mol. The molecule has 0 aliphatic carbocycles. The molecule has 3 nitrogen and oxygen atoms in total. The summed E-state index contributed by atoms with van der Waals surface area (Å²) in [5.74, 6) is 0. The second-order valence-electron chi connectivity index (χ2n) is 4.69. The average Bonchev–Trinajstić information content (AvgIpc) is 2.20. The Labute approximate surface area is 101 Å². The van der Waals surface area contributed by atoms with Gasteiger partial charge in [0.2, 0.25) is 0 Å². The molecule has 0 spiro atoms. The van der Waals surface area contributed by atoms with Crippen LogP contribution in [0.5, 0.6) is 0 Å². The fourth-order valence-corrected chi connectivity index (χ4v) is 1.70. The maximum atomic E-state index is 5.29. The summed E-state index contributed by atoms with van der Waals surface area (Å²) in [4.78, 5) is 2.40. The van der Waals surface area contributed by atoms with Gasteiger partial charge in [0.05, 0.1) is 6.61 Å². The van der Waals surface area contributed by atoms with Gasteiger partial charge in [0.15, 0.2) is 0 Å². The molecule has 3 heteroatoms. The van der Waals surface area contributed by atoms with Crippen LogP contribution in [-0.4, -0.2) is 50.3 Å². The van der Waals surface area contributed by atoms with Crippen LogP contribution in [0, 0.1) is 0 Å². The van der Waals surface area contributed by atoms with Crippen molar-refractivity contribution in [3.8, 4) is 0 Å². The molecule has 96 valence electrons. The van der Waals surface area contributed by atoms with E-state index >= 15 is 0 Å². The van der Waals surface area contributed by atoms with Crippen LogP contribution in [0.1, 0.15) is 27.7 Å². The number of methoxy groups -OCH3 is 1. The second-order valence-corrected chi connectivity index (χ2v) is 4.69. The summed E-state index contributed by atoms with van der Waals surface area (Å²) in [6.45, 7) is 16.3. The smallest absolute Gasteiger partial charge is 0.0630 e. The van der Waals surface area contributed by atoms with Gasteiger partial charge in [0.1, 0.15) is 0 Å². The Balaban J connectivity index is 4.27. The summed E-state index contributed by atoms with van der Waals surface area (Å²) < 4.78 is 5.29. The van der Waals surface area contributed by atoms with Crippen LogP contribution in [0.15, 0.2) is 12.2 Å². The van der Waals surface area contributed by atoms with Crippen molar-refractivity contribution in [2.24, 2.45) is 0 Å². The van der Waals surface area contributed by atoms with Crippen LogP contribution < -0.4 is 5.32 Å². The molecule has 0 aliphatic heterocycles. The summed E-state index contributed by atoms with van der Waals surface area (Å²) in [5, 5.41) is 3.47. The predicted octanol–water partition coefficient (Wildman–Crippen LogP) is 1.90. The zero-order chi connectivity index (χ0) is 12.6. The van der Waals surface area contributed by atoms with Crippen molar-refractivity contribution in [2.45, 2.75) is 39.8 Å². The lowest BCUT2D eigenvalue weighted by molar-refractivity contribution is 0.0970. The zero-order valence-electron chi connectivity index (χ0n) is 11.5. The topological polar surface area (TPSA) is 24.5 Å². The maximum Gasteiger partial charge on any atom is 0.0630 e. The Morgan fingerprint density at radius 3 is 2.44 bits per heavy atom. The summed E-state index contributed by atoms with van der Waals surface area (Å²) in [6.07, 6.45) is 0. The van der Waals surface area contributed by atoms with Gasteiger partial charge in [-0.1, -0.05) is 32.9 Å². The number of likely N-dealkylation sites (N-methyl/N-ethyl adjacent to an activating group) is 1. The third-order valence-electron chi connectivity index (χ3n) is 2.52. The lowest BCUT2D eigenvalue weighted by atomic mass is 10.2. The summed E-state index contributed by atoms with van der Waals surface area (Å²) >= 11 is 0. The van der Waals surface area contributed by atoms with Crippen molar-refractivity contribution in [3.05, 3.63) is 12.2 Å². The van der Waals surface area contributed by atoms with Gasteiger partial charge in [-0.05, 0) is 13.5 Å². The minimum Gasteiger partial charge on any atom is -0.383 e. The fourth-order valence-electron chi connectivity index (χ4n) is 1.70. The quantitative estimate of drug-likeness (QED) is 0.610. The minimum atomic E-state index is 0.425. The molecule has 0 saturated carbocycles. The van der Waals surface area contributed by atoms with E-state index < -0.39 is 0 Å². The van der Waals surface area contributed by atoms with Gasteiger partial charge < -0.3 is 10.1 Å². The molecule has 0 saturated heterocycles. The molecule has 0 aromatic rings. The first kappa shape index (κ1) is 15.6. The van der Waals surface area contributed by atoms with Crippen molar-refractivity contribution in [1.82, 2.24) is 10.2 Å². The Bertz CT molecular complexity index is 192. The van der Waals surface area contributed by atoms with E-state index in [-0.39, 0.29) is 0 Å². The van der Waals surface area contributed by atoms with Crippen LogP contribution >= 0.6 is 0 Å². The van der Waals surface area contributed by atoms with Crippen molar-refractivity contribution in [1.29, 1.82) is 0 Å². The van der Waals surface area contributed by atoms with E-state index in [4.69, 9.17) is 4.74 Å². The highest BCUT2D eigenvalue weighted by Crippen LogP contribution is 2.03. The molecule has 0 aromatic carbocycles. The first-order valence-electron chi connectivity index (χ1n) is 6.12. The van der Waals surface area contributed by atoms with Crippen LogP contribution in [-0.2, 0) is 4.74 Å². The molecule has 0 bridgehead atoms. The molecular formula is C13H28N2O. The number of nitrogens with zero attached hydrogens (tertiary/aromatic N) is 1. The number of hydrogen-bond acceptors (Lipinski definition) is 3.